The number of carboxylic acids is 1. The highest BCUT2D eigenvalue weighted by Gasteiger charge is 2.17. The number of aryl methyl sites for hydroxylation is 1. The number of hydrogen-bond donors (Lipinski definition) is 2. The van der Waals surface area contributed by atoms with Gasteiger partial charge in [0.25, 0.3) is 0 Å². The molecule has 0 saturated carbocycles. The number of rotatable bonds is 6. The molecule has 0 unspecified atom stereocenters. The Morgan fingerprint density at radius 1 is 1.43 bits per heavy atom. The van der Waals surface area contributed by atoms with Crippen molar-refractivity contribution in [1.29, 1.82) is 0 Å². The monoisotopic (exact) mass is 311 g/mol. The lowest BCUT2D eigenvalue weighted by Gasteiger charge is -2.08. The molecule has 112 valence electrons. The van der Waals surface area contributed by atoms with Crippen LogP contribution in [0.25, 0.3) is 0 Å². The van der Waals surface area contributed by atoms with Crippen LogP contribution in [0.4, 0.5) is 0 Å². The summed E-state index contributed by atoms with van der Waals surface area (Å²) in [6, 6.07) is 3.95. The third-order valence-corrected chi connectivity index (χ3v) is 4.26. The number of nitrogens with zero attached hydrogens (tertiary/aromatic N) is 2. The molecule has 9 heteroatoms. The molecule has 0 saturated heterocycles. The molecule has 21 heavy (non-hydrogen) atoms. The van der Waals surface area contributed by atoms with E-state index in [2.05, 4.69) is 19.4 Å². The van der Waals surface area contributed by atoms with Crippen LogP contribution in [0.3, 0.4) is 0 Å². The number of carbonyl (C=O) groups is 1. The van der Waals surface area contributed by atoms with Gasteiger partial charge in [0.1, 0.15) is 0 Å². The van der Waals surface area contributed by atoms with Crippen LogP contribution in [0.1, 0.15) is 21.7 Å². The topological polar surface area (TPSA) is 122 Å². The highest BCUT2D eigenvalue weighted by Crippen LogP contribution is 2.15. The summed E-state index contributed by atoms with van der Waals surface area (Å²) in [4.78, 5) is 14.7. The van der Waals surface area contributed by atoms with Gasteiger partial charge in [-0.25, -0.2) is 17.9 Å². The minimum atomic E-state index is -3.79. The summed E-state index contributed by atoms with van der Waals surface area (Å²) in [6.45, 7) is 1.68. The maximum absolute atomic E-state index is 12.1. The van der Waals surface area contributed by atoms with E-state index in [9.17, 15) is 13.2 Å². The van der Waals surface area contributed by atoms with E-state index in [1.165, 1.54) is 12.1 Å². The highest BCUT2D eigenvalue weighted by molar-refractivity contribution is 7.89. The standard InChI is InChI=1S/C12H13N3O5S/c1-8-2-3-9(6-10(8)12(16)17)21(18,19)14-5-4-11-13-7-20-15-11/h2-3,6-7,14H,4-5H2,1H3,(H,16,17). The number of aromatic carboxylic acids is 1. The zero-order chi connectivity index (χ0) is 15.5. The number of carboxylic acid groups (broad SMARTS) is 1. The van der Waals surface area contributed by atoms with Gasteiger partial charge in [-0.1, -0.05) is 11.2 Å². The molecule has 0 aliphatic heterocycles. The highest BCUT2D eigenvalue weighted by atomic mass is 32.2. The molecular weight excluding hydrogens is 298 g/mol. The Morgan fingerprint density at radius 3 is 2.81 bits per heavy atom. The normalized spacial score (nSPS) is 11.5. The maximum Gasteiger partial charge on any atom is 0.335 e. The van der Waals surface area contributed by atoms with Crippen LogP contribution in [0.15, 0.2) is 34.0 Å². The average Bonchev–Trinajstić information content (AvgIpc) is 2.91. The molecule has 1 aromatic carbocycles. The van der Waals surface area contributed by atoms with Crippen LogP contribution in [-0.2, 0) is 16.4 Å². The van der Waals surface area contributed by atoms with Gasteiger partial charge in [-0.2, -0.15) is 4.98 Å². The Hall–Kier alpha value is -2.26. The van der Waals surface area contributed by atoms with E-state index in [0.717, 1.165) is 12.5 Å². The molecule has 8 nitrogen and oxygen atoms in total. The van der Waals surface area contributed by atoms with Crippen LogP contribution in [0.5, 0.6) is 0 Å². The van der Waals surface area contributed by atoms with Crippen molar-refractivity contribution in [2.75, 3.05) is 6.54 Å². The molecule has 0 fully saturated rings. The Balaban J connectivity index is 2.12. The lowest BCUT2D eigenvalue weighted by Crippen LogP contribution is -2.26. The van der Waals surface area contributed by atoms with Crippen molar-refractivity contribution in [1.82, 2.24) is 14.9 Å². The zero-order valence-electron chi connectivity index (χ0n) is 11.1. The predicted molar refractivity (Wildman–Crippen MR) is 71.3 cm³/mol. The summed E-state index contributed by atoms with van der Waals surface area (Å²) < 4.78 is 31.0. The third kappa shape index (κ3) is 3.64. The van der Waals surface area contributed by atoms with E-state index < -0.39 is 16.0 Å². The molecule has 0 amide bonds. The van der Waals surface area contributed by atoms with Crippen LogP contribution in [0, 0.1) is 6.92 Å². The molecule has 0 aliphatic rings. The van der Waals surface area contributed by atoms with Gasteiger partial charge < -0.3 is 9.63 Å². The van der Waals surface area contributed by atoms with Crippen LogP contribution < -0.4 is 4.72 Å². The predicted octanol–water partition coefficient (Wildman–Crippen LogP) is 0.597. The van der Waals surface area contributed by atoms with Gasteiger partial charge in [-0.05, 0) is 24.6 Å². The first-order valence-corrected chi connectivity index (χ1v) is 7.47. The van der Waals surface area contributed by atoms with Gasteiger partial charge in [0, 0.05) is 13.0 Å². The van der Waals surface area contributed by atoms with Crippen molar-refractivity contribution in [3.05, 3.63) is 41.5 Å². The second-order valence-electron chi connectivity index (χ2n) is 4.28. The van der Waals surface area contributed by atoms with E-state index in [-0.39, 0.29) is 23.4 Å². The first-order valence-electron chi connectivity index (χ1n) is 5.99. The molecule has 0 aliphatic carbocycles. The smallest absolute Gasteiger partial charge is 0.335 e. The molecule has 0 atom stereocenters. The van der Waals surface area contributed by atoms with Gasteiger partial charge >= 0.3 is 5.97 Å². The van der Waals surface area contributed by atoms with Crippen molar-refractivity contribution in [3.8, 4) is 0 Å². The van der Waals surface area contributed by atoms with Crippen molar-refractivity contribution in [3.63, 3.8) is 0 Å². The van der Waals surface area contributed by atoms with Crippen molar-refractivity contribution >= 4 is 16.0 Å². The second kappa shape index (κ2) is 6.02. The fraction of sp³-hybridized carbons (Fsp3) is 0.250. The summed E-state index contributed by atoms with van der Waals surface area (Å²) in [5.74, 6) is -0.788. The van der Waals surface area contributed by atoms with Gasteiger partial charge in [-0.3, -0.25) is 0 Å². The van der Waals surface area contributed by atoms with E-state index >= 15 is 0 Å². The van der Waals surface area contributed by atoms with Gasteiger partial charge in [0.2, 0.25) is 16.4 Å². The molecule has 0 bridgehead atoms. The third-order valence-electron chi connectivity index (χ3n) is 2.80. The number of nitrogens with one attached hydrogen (secondary N) is 1. The van der Waals surface area contributed by atoms with E-state index in [4.69, 9.17) is 5.11 Å². The average molecular weight is 311 g/mol. The summed E-state index contributed by atoms with van der Waals surface area (Å²) in [6.07, 6.45) is 1.43. The van der Waals surface area contributed by atoms with E-state index in [0.29, 0.717) is 11.4 Å². The van der Waals surface area contributed by atoms with Crippen molar-refractivity contribution < 1.29 is 22.8 Å². The largest absolute Gasteiger partial charge is 0.478 e. The number of hydrogen-bond acceptors (Lipinski definition) is 6. The summed E-state index contributed by atoms with van der Waals surface area (Å²) in [7, 11) is -3.79. The maximum atomic E-state index is 12.1. The lowest BCUT2D eigenvalue weighted by molar-refractivity contribution is 0.0696. The minimum absolute atomic E-state index is 0.0453. The summed E-state index contributed by atoms with van der Waals surface area (Å²) in [5, 5.41) is 12.6. The molecular formula is C12H13N3O5S. The number of aromatic nitrogens is 2. The van der Waals surface area contributed by atoms with Gasteiger partial charge in [0.05, 0.1) is 10.5 Å². The van der Waals surface area contributed by atoms with Gasteiger partial charge in [0.15, 0.2) is 5.82 Å². The first-order chi connectivity index (χ1) is 9.90. The molecule has 0 spiro atoms. The summed E-state index contributed by atoms with van der Waals surface area (Å²) in [5.41, 5.74) is 0.448. The lowest BCUT2D eigenvalue weighted by atomic mass is 10.1. The van der Waals surface area contributed by atoms with Crippen LogP contribution >= 0.6 is 0 Å². The van der Waals surface area contributed by atoms with E-state index in [1.807, 2.05) is 0 Å². The molecule has 1 aromatic heterocycles. The number of sulfonamides is 1. The first kappa shape index (κ1) is 15.1. The molecule has 1 heterocycles. The van der Waals surface area contributed by atoms with Crippen LogP contribution in [0.2, 0.25) is 0 Å². The Labute approximate surface area is 120 Å². The van der Waals surface area contributed by atoms with Gasteiger partial charge in [-0.15, -0.1) is 0 Å². The number of benzene rings is 1. The Kier molecular flexibility index (Phi) is 4.34. The Bertz CT molecular complexity index is 740. The fourth-order valence-electron chi connectivity index (χ4n) is 1.68. The molecule has 2 rings (SSSR count). The molecule has 2 aromatic rings. The molecule has 2 N–H and O–H groups in total. The quantitative estimate of drug-likeness (QED) is 0.800. The van der Waals surface area contributed by atoms with Crippen molar-refractivity contribution in [2.24, 2.45) is 0 Å². The fourth-order valence-corrected chi connectivity index (χ4v) is 2.74. The van der Waals surface area contributed by atoms with Crippen LogP contribution in [-0.4, -0.2) is 36.2 Å². The summed E-state index contributed by atoms with van der Waals surface area (Å²) >= 11 is 0. The minimum Gasteiger partial charge on any atom is -0.478 e. The Morgan fingerprint density at radius 2 is 2.19 bits per heavy atom. The molecule has 0 radical (unpaired) electrons. The SMILES string of the molecule is Cc1ccc(S(=O)(=O)NCCc2ncon2)cc1C(=O)O. The van der Waals surface area contributed by atoms with E-state index in [1.54, 1.807) is 6.92 Å². The second-order valence-corrected chi connectivity index (χ2v) is 6.04. The zero-order valence-corrected chi connectivity index (χ0v) is 11.9. The van der Waals surface area contributed by atoms with Crippen molar-refractivity contribution in [2.45, 2.75) is 18.2 Å².